The van der Waals surface area contributed by atoms with Crippen LogP contribution in [0.15, 0.2) is 66.1 Å². The number of anilines is 1. The number of aryl methyl sites for hydroxylation is 1. The highest BCUT2D eigenvalue weighted by Gasteiger charge is 2.28. The maximum Gasteiger partial charge on any atom is 0.236 e. The van der Waals surface area contributed by atoms with Gasteiger partial charge < -0.3 is 14.5 Å². The van der Waals surface area contributed by atoms with E-state index in [4.69, 9.17) is 9.84 Å². The molecule has 0 aliphatic carbocycles. The highest BCUT2D eigenvalue weighted by Crippen LogP contribution is 2.30. The normalized spacial score (nSPS) is 15.2. The molecule has 0 atom stereocenters. The standard InChI is InChI=1S/C28H37N5O3S/c1-24-27(23-32(16-10-21-36-3)37(34,35)22-15-25-11-6-4-7-12-25)28(31-19-17-30(2)18-20-31)33(29-24)26-13-8-5-9-14-26/h4-9,11-15,22H,10,16-21,23H2,1-3H3. The van der Waals surface area contributed by atoms with Crippen molar-refractivity contribution in [3.05, 3.63) is 82.9 Å². The van der Waals surface area contributed by atoms with Crippen LogP contribution in [0.3, 0.4) is 0 Å². The molecule has 0 unspecified atom stereocenters. The van der Waals surface area contributed by atoms with E-state index >= 15 is 0 Å². The van der Waals surface area contributed by atoms with Crippen LogP contribution in [-0.2, 0) is 21.3 Å². The number of likely N-dealkylation sites (N-methyl/N-ethyl adjacent to an activating group) is 1. The van der Waals surface area contributed by atoms with Gasteiger partial charge in [0.25, 0.3) is 0 Å². The van der Waals surface area contributed by atoms with Crippen LogP contribution in [-0.4, -0.2) is 80.9 Å². The lowest BCUT2D eigenvalue weighted by molar-refractivity contribution is 0.187. The second-order valence-electron chi connectivity index (χ2n) is 9.36. The molecule has 198 valence electrons. The highest BCUT2D eigenvalue weighted by molar-refractivity contribution is 7.92. The van der Waals surface area contributed by atoms with Crippen molar-refractivity contribution < 1.29 is 13.2 Å². The summed E-state index contributed by atoms with van der Waals surface area (Å²) in [7, 11) is 0.0646. The van der Waals surface area contributed by atoms with E-state index in [9.17, 15) is 8.42 Å². The summed E-state index contributed by atoms with van der Waals surface area (Å²) < 4.78 is 35.9. The van der Waals surface area contributed by atoms with Gasteiger partial charge in [0, 0.05) is 64.0 Å². The molecule has 1 aliphatic heterocycles. The Labute approximate surface area is 220 Å². The van der Waals surface area contributed by atoms with E-state index in [0.29, 0.717) is 19.6 Å². The van der Waals surface area contributed by atoms with Crippen LogP contribution in [0.2, 0.25) is 0 Å². The molecule has 8 nitrogen and oxygen atoms in total. The average molecular weight is 524 g/mol. The van der Waals surface area contributed by atoms with Gasteiger partial charge in [-0.05, 0) is 44.2 Å². The number of rotatable bonds is 11. The number of piperazine rings is 1. The first-order valence-corrected chi connectivity index (χ1v) is 14.2. The molecule has 1 saturated heterocycles. The number of ether oxygens (including phenoxy) is 1. The lowest BCUT2D eigenvalue weighted by atomic mass is 10.2. The molecule has 2 heterocycles. The first kappa shape index (κ1) is 27.1. The summed E-state index contributed by atoms with van der Waals surface area (Å²) in [5.41, 5.74) is 3.57. The molecule has 0 amide bonds. The van der Waals surface area contributed by atoms with Crippen molar-refractivity contribution in [3.8, 4) is 5.69 Å². The third-order valence-corrected chi connectivity index (χ3v) is 8.15. The van der Waals surface area contributed by atoms with Crippen LogP contribution >= 0.6 is 0 Å². The average Bonchev–Trinajstić information content (AvgIpc) is 3.24. The summed E-state index contributed by atoms with van der Waals surface area (Å²) in [6.07, 6.45) is 2.25. The predicted octanol–water partition coefficient (Wildman–Crippen LogP) is 3.77. The number of hydrogen-bond acceptors (Lipinski definition) is 6. The van der Waals surface area contributed by atoms with Crippen molar-refractivity contribution in [2.24, 2.45) is 0 Å². The van der Waals surface area contributed by atoms with Crippen molar-refractivity contribution in [2.75, 3.05) is 58.4 Å². The summed E-state index contributed by atoms with van der Waals surface area (Å²) >= 11 is 0. The number of sulfonamides is 1. The number of aromatic nitrogens is 2. The molecular formula is C28H37N5O3S. The third kappa shape index (κ3) is 6.87. The van der Waals surface area contributed by atoms with Gasteiger partial charge in [0.1, 0.15) is 5.82 Å². The van der Waals surface area contributed by atoms with E-state index < -0.39 is 10.0 Å². The molecule has 9 heteroatoms. The lowest BCUT2D eigenvalue weighted by Gasteiger charge is -2.35. The molecule has 1 aromatic heterocycles. The summed E-state index contributed by atoms with van der Waals surface area (Å²) in [6, 6.07) is 19.5. The molecule has 1 fully saturated rings. The molecule has 0 radical (unpaired) electrons. The fraction of sp³-hybridized carbons (Fsp3) is 0.393. The smallest absolute Gasteiger partial charge is 0.236 e. The van der Waals surface area contributed by atoms with Crippen LogP contribution in [0.4, 0.5) is 5.82 Å². The SMILES string of the molecule is COCCCN(Cc1c(C)nn(-c2ccccc2)c1N1CCN(C)CC1)S(=O)(=O)C=Cc1ccccc1. The molecule has 3 aromatic rings. The predicted molar refractivity (Wildman–Crippen MR) is 149 cm³/mol. The number of nitrogens with zero attached hydrogens (tertiary/aromatic N) is 5. The molecule has 4 rings (SSSR count). The van der Waals surface area contributed by atoms with Crippen LogP contribution in [0.5, 0.6) is 0 Å². The van der Waals surface area contributed by atoms with Crippen LogP contribution in [0.1, 0.15) is 23.2 Å². The summed E-state index contributed by atoms with van der Waals surface area (Å²) in [4.78, 5) is 4.64. The van der Waals surface area contributed by atoms with E-state index in [1.54, 1.807) is 17.5 Å². The second-order valence-corrected chi connectivity index (χ2v) is 11.2. The Morgan fingerprint density at radius 1 is 1.00 bits per heavy atom. The Kier molecular flexibility index (Phi) is 9.15. The Balaban J connectivity index is 1.71. The van der Waals surface area contributed by atoms with Crippen molar-refractivity contribution in [3.63, 3.8) is 0 Å². The van der Waals surface area contributed by atoms with Gasteiger partial charge in [-0.1, -0.05) is 48.5 Å². The zero-order chi connectivity index (χ0) is 26.3. The van der Waals surface area contributed by atoms with Crippen molar-refractivity contribution in [1.29, 1.82) is 0 Å². The first-order valence-electron chi connectivity index (χ1n) is 12.7. The van der Waals surface area contributed by atoms with Gasteiger partial charge in [0.15, 0.2) is 0 Å². The van der Waals surface area contributed by atoms with Gasteiger partial charge in [0.05, 0.1) is 11.4 Å². The minimum absolute atomic E-state index is 0.242. The van der Waals surface area contributed by atoms with Crippen LogP contribution < -0.4 is 4.90 Å². The van der Waals surface area contributed by atoms with Crippen molar-refractivity contribution >= 4 is 21.9 Å². The Morgan fingerprint density at radius 3 is 2.30 bits per heavy atom. The van der Waals surface area contributed by atoms with Gasteiger partial charge in [-0.3, -0.25) is 0 Å². The van der Waals surface area contributed by atoms with E-state index in [1.165, 1.54) is 5.41 Å². The summed E-state index contributed by atoms with van der Waals surface area (Å²) in [5, 5.41) is 6.20. The monoisotopic (exact) mass is 523 g/mol. The molecule has 0 bridgehead atoms. The molecule has 37 heavy (non-hydrogen) atoms. The summed E-state index contributed by atoms with van der Waals surface area (Å²) in [5.74, 6) is 0.968. The molecule has 2 aromatic carbocycles. The van der Waals surface area contributed by atoms with E-state index in [1.807, 2.05) is 72.3 Å². The maximum absolute atomic E-state index is 13.6. The highest BCUT2D eigenvalue weighted by atomic mass is 32.2. The molecular weight excluding hydrogens is 486 g/mol. The van der Waals surface area contributed by atoms with E-state index in [-0.39, 0.29) is 6.54 Å². The largest absolute Gasteiger partial charge is 0.385 e. The molecule has 0 saturated carbocycles. The quantitative estimate of drug-likeness (QED) is 0.357. The Hall–Kier alpha value is -2.98. The van der Waals surface area contributed by atoms with E-state index in [0.717, 1.165) is 54.5 Å². The second kappa shape index (κ2) is 12.5. The first-order chi connectivity index (χ1) is 17.9. The van der Waals surface area contributed by atoms with E-state index in [2.05, 4.69) is 16.8 Å². The van der Waals surface area contributed by atoms with Crippen molar-refractivity contribution in [2.45, 2.75) is 19.9 Å². The zero-order valence-electron chi connectivity index (χ0n) is 22.0. The van der Waals surface area contributed by atoms with Gasteiger partial charge in [0.2, 0.25) is 10.0 Å². The Morgan fingerprint density at radius 2 is 1.65 bits per heavy atom. The number of methoxy groups -OCH3 is 1. The molecule has 0 spiro atoms. The van der Waals surface area contributed by atoms with Gasteiger partial charge in [-0.2, -0.15) is 9.40 Å². The van der Waals surface area contributed by atoms with Crippen LogP contribution in [0, 0.1) is 6.92 Å². The Bertz CT molecular complexity index is 1270. The fourth-order valence-corrected chi connectivity index (χ4v) is 5.69. The maximum atomic E-state index is 13.6. The minimum atomic E-state index is -3.69. The third-order valence-electron chi connectivity index (χ3n) is 6.64. The van der Waals surface area contributed by atoms with Crippen LogP contribution in [0.25, 0.3) is 11.8 Å². The number of para-hydroxylation sites is 1. The number of benzene rings is 2. The van der Waals surface area contributed by atoms with Gasteiger partial charge >= 0.3 is 0 Å². The molecule has 0 N–H and O–H groups in total. The fourth-order valence-electron chi connectivity index (χ4n) is 4.50. The van der Waals surface area contributed by atoms with Gasteiger partial charge in [-0.15, -0.1) is 0 Å². The molecule has 1 aliphatic rings. The van der Waals surface area contributed by atoms with Crippen molar-refractivity contribution in [1.82, 2.24) is 19.0 Å². The minimum Gasteiger partial charge on any atom is -0.385 e. The number of hydrogen-bond donors (Lipinski definition) is 0. The topological polar surface area (TPSA) is 70.9 Å². The van der Waals surface area contributed by atoms with Gasteiger partial charge in [-0.25, -0.2) is 13.1 Å². The lowest BCUT2D eigenvalue weighted by Crippen LogP contribution is -2.45. The zero-order valence-corrected chi connectivity index (χ0v) is 22.8. The summed E-state index contributed by atoms with van der Waals surface area (Å²) in [6.45, 7) is 6.63.